The van der Waals surface area contributed by atoms with E-state index in [9.17, 15) is 27.9 Å². The predicted molar refractivity (Wildman–Crippen MR) is 124 cm³/mol. The van der Waals surface area contributed by atoms with Crippen LogP contribution in [-0.2, 0) is 13.2 Å². The van der Waals surface area contributed by atoms with Crippen molar-refractivity contribution in [3.63, 3.8) is 0 Å². The molecule has 1 amide bonds. The molecule has 0 radical (unpaired) electrons. The molecule has 4 aromatic rings. The molecule has 0 aliphatic heterocycles. The Hall–Kier alpha value is -4.41. The van der Waals surface area contributed by atoms with Crippen molar-refractivity contribution in [3.05, 3.63) is 106 Å². The van der Waals surface area contributed by atoms with Crippen LogP contribution in [0.15, 0.2) is 76.4 Å². The van der Waals surface area contributed by atoms with Gasteiger partial charge in [0.2, 0.25) is 5.75 Å². The Morgan fingerprint density at radius 1 is 1.11 bits per heavy atom. The van der Waals surface area contributed by atoms with Gasteiger partial charge < -0.3 is 14.9 Å². The minimum Gasteiger partial charge on any atom is -0.501 e. The summed E-state index contributed by atoms with van der Waals surface area (Å²) in [6.45, 7) is 1.62. The van der Waals surface area contributed by atoms with Gasteiger partial charge in [-0.2, -0.15) is 13.2 Å². The van der Waals surface area contributed by atoms with E-state index in [-0.39, 0.29) is 17.1 Å². The van der Waals surface area contributed by atoms with Gasteiger partial charge in [-0.3, -0.25) is 14.2 Å². The van der Waals surface area contributed by atoms with E-state index in [1.54, 1.807) is 37.3 Å². The van der Waals surface area contributed by atoms with Crippen molar-refractivity contribution in [3.8, 4) is 5.75 Å². The molecule has 0 saturated carbocycles. The summed E-state index contributed by atoms with van der Waals surface area (Å²) in [6.07, 6.45) is -2.28. The lowest BCUT2D eigenvalue weighted by Crippen LogP contribution is -2.30. The zero-order valence-electron chi connectivity index (χ0n) is 19.2. The van der Waals surface area contributed by atoms with E-state index in [1.165, 1.54) is 31.4 Å². The Labute approximate surface area is 203 Å². The van der Waals surface area contributed by atoms with Crippen molar-refractivity contribution >= 4 is 11.6 Å². The molecule has 0 spiro atoms. The predicted octanol–water partition coefficient (Wildman–Crippen LogP) is 4.68. The molecular formula is C25H21F3N4O4. The molecule has 0 saturated heterocycles. The SMILES string of the molecule is C[C@H](c1nc(C(=O)Nc2cnoc2)c(O)c(=O)n1C)[C@H](c1ccccc1)c1ccccc1C(F)(F)F. The van der Waals surface area contributed by atoms with E-state index in [2.05, 4.69) is 20.0 Å². The third kappa shape index (κ3) is 4.72. The smallest absolute Gasteiger partial charge is 0.416 e. The third-order valence-corrected chi connectivity index (χ3v) is 5.87. The van der Waals surface area contributed by atoms with Crippen LogP contribution in [-0.4, -0.2) is 25.7 Å². The molecule has 0 unspecified atom stereocenters. The second-order valence-electron chi connectivity index (χ2n) is 8.16. The van der Waals surface area contributed by atoms with E-state index >= 15 is 0 Å². The van der Waals surface area contributed by atoms with Crippen molar-refractivity contribution in [2.24, 2.45) is 7.05 Å². The molecule has 36 heavy (non-hydrogen) atoms. The summed E-state index contributed by atoms with van der Waals surface area (Å²) in [6, 6.07) is 13.7. The number of hydrogen-bond donors (Lipinski definition) is 2. The van der Waals surface area contributed by atoms with Crippen LogP contribution < -0.4 is 10.9 Å². The van der Waals surface area contributed by atoms with E-state index in [4.69, 9.17) is 0 Å². The fourth-order valence-corrected chi connectivity index (χ4v) is 4.20. The Bertz CT molecular complexity index is 1430. The number of halogens is 3. The third-order valence-electron chi connectivity index (χ3n) is 5.87. The monoisotopic (exact) mass is 498 g/mol. The average molecular weight is 498 g/mol. The van der Waals surface area contributed by atoms with Crippen LogP contribution in [0.1, 0.15) is 51.8 Å². The number of carbonyl (C=O) groups excluding carboxylic acids is 1. The van der Waals surface area contributed by atoms with Crippen molar-refractivity contribution in [2.45, 2.75) is 24.9 Å². The standard InChI is InChI=1S/C25H21F3N4O4/c1-14(19(15-8-4-3-5-9-15)17-10-6-7-11-18(17)25(26,27)28)22-31-20(21(33)24(35)32(22)2)23(34)30-16-12-29-36-13-16/h3-14,19,33H,1-2H3,(H,30,34)/t14-,19+/m0/s1. The molecule has 2 atom stereocenters. The Balaban J connectivity index is 1.88. The molecule has 0 aliphatic rings. The van der Waals surface area contributed by atoms with Crippen molar-refractivity contribution < 1.29 is 27.6 Å². The van der Waals surface area contributed by atoms with Crippen molar-refractivity contribution in [1.29, 1.82) is 0 Å². The lowest BCUT2D eigenvalue weighted by Gasteiger charge is -2.28. The summed E-state index contributed by atoms with van der Waals surface area (Å²) in [5.74, 6) is -3.50. The fraction of sp³-hybridized carbons (Fsp3) is 0.200. The van der Waals surface area contributed by atoms with Crippen LogP contribution in [0.5, 0.6) is 5.75 Å². The quantitative estimate of drug-likeness (QED) is 0.400. The van der Waals surface area contributed by atoms with Gasteiger partial charge in [0.25, 0.3) is 11.5 Å². The van der Waals surface area contributed by atoms with Crippen molar-refractivity contribution in [2.75, 3.05) is 5.32 Å². The molecule has 11 heteroatoms. The Morgan fingerprint density at radius 3 is 2.42 bits per heavy atom. The number of hydrogen-bond acceptors (Lipinski definition) is 6. The first-order chi connectivity index (χ1) is 17.1. The number of aromatic hydroxyl groups is 1. The second-order valence-corrected chi connectivity index (χ2v) is 8.16. The maximum Gasteiger partial charge on any atom is 0.416 e. The molecule has 0 fully saturated rings. The van der Waals surface area contributed by atoms with Crippen LogP contribution in [0, 0.1) is 0 Å². The highest BCUT2D eigenvalue weighted by Gasteiger charge is 2.38. The van der Waals surface area contributed by atoms with Crippen LogP contribution in [0.3, 0.4) is 0 Å². The second kappa shape index (κ2) is 9.68. The zero-order valence-corrected chi connectivity index (χ0v) is 19.2. The van der Waals surface area contributed by atoms with E-state index < -0.39 is 46.5 Å². The number of alkyl halides is 3. The van der Waals surface area contributed by atoms with Gasteiger partial charge in [-0.1, -0.05) is 60.6 Å². The average Bonchev–Trinajstić information content (AvgIpc) is 3.36. The zero-order chi connectivity index (χ0) is 26.0. The van der Waals surface area contributed by atoms with Crippen LogP contribution >= 0.6 is 0 Å². The van der Waals surface area contributed by atoms with E-state index in [0.29, 0.717) is 5.56 Å². The molecule has 0 aliphatic carbocycles. The molecule has 2 aromatic carbocycles. The number of amides is 1. The molecule has 186 valence electrons. The number of anilines is 1. The summed E-state index contributed by atoms with van der Waals surface area (Å²) in [4.78, 5) is 29.8. The number of carbonyl (C=O) groups is 1. The highest BCUT2D eigenvalue weighted by atomic mass is 19.4. The summed E-state index contributed by atoms with van der Waals surface area (Å²) in [5, 5.41) is 16.2. The minimum atomic E-state index is -4.62. The highest BCUT2D eigenvalue weighted by molar-refractivity contribution is 6.04. The van der Waals surface area contributed by atoms with E-state index in [1.807, 2.05) is 0 Å². The van der Waals surface area contributed by atoms with Crippen LogP contribution in [0.4, 0.5) is 18.9 Å². The summed E-state index contributed by atoms with van der Waals surface area (Å²) < 4.78 is 47.6. The molecule has 2 heterocycles. The molecule has 0 bridgehead atoms. The van der Waals surface area contributed by atoms with Gasteiger partial charge >= 0.3 is 6.18 Å². The van der Waals surface area contributed by atoms with Gasteiger partial charge in [0.15, 0.2) is 5.69 Å². The summed E-state index contributed by atoms with van der Waals surface area (Å²) in [5.41, 5.74) is -1.60. The van der Waals surface area contributed by atoms with Gasteiger partial charge in [-0.05, 0) is 17.2 Å². The summed E-state index contributed by atoms with van der Waals surface area (Å²) >= 11 is 0. The highest BCUT2D eigenvalue weighted by Crippen LogP contribution is 2.43. The number of benzene rings is 2. The van der Waals surface area contributed by atoms with Gasteiger partial charge in [0.05, 0.1) is 11.8 Å². The first kappa shape index (κ1) is 24.7. The number of nitrogens with zero attached hydrogens (tertiary/aromatic N) is 3. The largest absolute Gasteiger partial charge is 0.501 e. The minimum absolute atomic E-state index is 0.0125. The van der Waals surface area contributed by atoms with Gasteiger partial charge in [-0.15, -0.1) is 0 Å². The Morgan fingerprint density at radius 2 is 1.78 bits per heavy atom. The Kier molecular flexibility index (Phi) is 6.65. The fourth-order valence-electron chi connectivity index (χ4n) is 4.20. The molecular weight excluding hydrogens is 477 g/mol. The normalized spacial score (nSPS) is 13.2. The molecule has 2 aromatic heterocycles. The van der Waals surface area contributed by atoms with Crippen LogP contribution in [0.2, 0.25) is 0 Å². The molecule has 4 rings (SSSR count). The van der Waals surface area contributed by atoms with E-state index in [0.717, 1.165) is 16.9 Å². The topological polar surface area (TPSA) is 110 Å². The molecule has 2 N–H and O–H groups in total. The maximum absolute atomic E-state index is 14.0. The van der Waals surface area contributed by atoms with Crippen LogP contribution in [0.25, 0.3) is 0 Å². The van der Waals surface area contributed by atoms with Gasteiger partial charge in [0.1, 0.15) is 17.8 Å². The maximum atomic E-state index is 14.0. The first-order valence-corrected chi connectivity index (χ1v) is 10.8. The lowest BCUT2D eigenvalue weighted by atomic mass is 9.79. The number of rotatable bonds is 6. The van der Waals surface area contributed by atoms with Gasteiger partial charge in [-0.25, -0.2) is 4.98 Å². The van der Waals surface area contributed by atoms with Crippen molar-refractivity contribution in [1.82, 2.24) is 14.7 Å². The summed E-state index contributed by atoms with van der Waals surface area (Å²) in [7, 11) is 1.33. The lowest BCUT2D eigenvalue weighted by molar-refractivity contribution is -0.138. The number of nitrogens with one attached hydrogen (secondary N) is 1. The van der Waals surface area contributed by atoms with Gasteiger partial charge in [0, 0.05) is 18.9 Å². The molecule has 8 nitrogen and oxygen atoms in total. The first-order valence-electron chi connectivity index (χ1n) is 10.8. The number of aromatic nitrogens is 3.